The summed E-state index contributed by atoms with van der Waals surface area (Å²) in [6.07, 6.45) is -0.248. The zero-order valence-corrected chi connectivity index (χ0v) is 11.3. The molecule has 0 unspecified atom stereocenters. The largest absolute Gasteiger partial charge is 0.444 e. The highest BCUT2D eigenvalue weighted by Crippen LogP contribution is 2.29. The Morgan fingerprint density at radius 3 is 2.63 bits per heavy atom. The molecule has 2 saturated heterocycles. The third-order valence-corrected chi connectivity index (χ3v) is 3.02. The highest BCUT2D eigenvalue weighted by molar-refractivity contribution is 6.03. The molecule has 3 amide bonds. The molecule has 7 heteroatoms. The molecule has 2 rings (SSSR count). The van der Waals surface area contributed by atoms with E-state index >= 15 is 0 Å². The molecule has 0 radical (unpaired) electrons. The second kappa shape index (κ2) is 4.40. The number of nitrogens with zero attached hydrogens (tertiary/aromatic N) is 1. The maximum atomic E-state index is 12.0. The van der Waals surface area contributed by atoms with Gasteiger partial charge in [-0.25, -0.2) is 9.59 Å². The number of carbonyl (C=O) groups is 3. The van der Waals surface area contributed by atoms with Crippen molar-refractivity contribution in [3.05, 3.63) is 0 Å². The molecule has 0 aromatic rings. The summed E-state index contributed by atoms with van der Waals surface area (Å²) in [6, 6.07) is 0. The number of nitrogens with one attached hydrogen (secondary N) is 1. The van der Waals surface area contributed by atoms with Crippen LogP contribution in [0.2, 0.25) is 0 Å². The number of imide groups is 1. The number of piperidine rings is 1. The van der Waals surface area contributed by atoms with Crippen molar-refractivity contribution in [1.29, 1.82) is 0 Å². The van der Waals surface area contributed by atoms with E-state index in [4.69, 9.17) is 9.47 Å². The molecule has 2 aliphatic rings. The Balaban J connectivity index is 2.07. The van der Waals surface area contributed by atoms with Gasteiger partial charge in [0.1, 0.15) is 5.60 Å². The van der Waals surface area contributed by atoms with Crippen molar-refractivity contribution in [2.45, 2.75) is 44.8 Å². The van der Waals surface area contributed by atoms with Gasteiger partial charge in [0, 0.05) is 6.54 Å². The SMILES string of the molecule is CC(C)(C)OC(=O)N1CCC[C@]2(C1)OC(=O)NC2=O. The van der Waals surface area contributed by atoms with Gasteiger partial charge >= 0.3 is 12.2 Å². The van der Waals surface area contributed by atoms with Gasteiger partial charge in [-0.1, -0.05) is 0 Å². The number of ether oxygens (including phenoxy) is 2. The minimum atomic E-state index is -1.24. The molecule has 1 atom stereocenters. The Hall–Kier alpha value is -1.79. The number of carbonyl (C=O) groups excluding carboxylic acids is 3. The van der Waals surface area contributed by atoms with Crippen molar-refractivity contribution in [1.82, 2.24) is 10.2 Å². The number of hydrogen-bond donors (Lipinski definition) is 1. The number of hydrogen-bond acceptors (Lipinski definition) is 5. The molecule has 2 aliphatic heterocycles. The molecule has 0 bridgehead atoms. The topological polar surface area (TPSA) is 84.9 Å². The van der Waals surface area contributed by atoms with Gasteiger partial charge in [0.25, 0.3) is 5.91 Å². The summed E-state index contributed by atoms with van der Waals surface area (Å²) in [4.78, 5) is 36.3. The van der Waals surface area contributed by atoms with E-state index in [9.17, 15) is 14.4 Å². The zero-order chi connectivity index (χ0) is 14.3. The lowest BCUT2D eigenvalue weighted by Gasteiger charge is -2.37. The first-order valence-corrected chi connectivity index (χ1v) is 6.24. The van der Waals surface area contributed by atoms with E-state index in [0.29, 0.717) is 19.4 Å². The summed E-state index contributed by atoms with van der Waals surface area (Å²) in [6.45, 7) is 5.84. The lowest BCUT2D eigenvalue weighted by molar-refractivity contribution is -0.135. The van der Waals surface area contributed by atoms with Gasteiger partial charge in [0.05, 0.1) is 6.54 Å². The normalized spacial score (nSPS) is 27.2. The van der Waals surface area contributed by atoms with Crippen LogP contribution in [-0.4, -0.2) is 47.3 Å². The van der Waals surface area contributed by atoms with Crippen LogP contribution in [0.3, 0.4) is 0 Å². The van der Waals surface area contributed by atoms with E-state index in [1.54, 1.807) is 20.8 Å². The molecule has 0 aromatic carbocycles. The van der Waals surface area contributed by atoms with Crippen LogP contribution in [0.25, 0.3) is 0 Å². The molecule has 1 spiro atoms. The van der Waals surface area contributed by atoms with Crippen molar-refractivity contribution >= 4 is 18.1 Å². The average molecular weight is 270 g/mol. The Morgan fingerprint density at radius 1 is 1.42 bits per heavy atom. The lowest BCUT2D eigenvalue weighted by Crippen LogP contribution is -2.55. The van der Waals surface area contributed by atoms with Gasteiger partial charge in [-0.2, -0.15) is 0 Å². The third kappa shape index (κ3) is 2.80. The summed E-state index contributed by atoms with van der Waals surface area (Å²) in [5, 5.41) is 2.11. The van der Waals surface area contributed by atoms with E-state index in [0.717, 1.165) is 0 Å². The van der Waals surface area contributed by atoms with Gasteiger partial charge in [-0.15, -0.1) is 0 Å². The van der Waals surface area contributed by atoms with E-state index in [2.05, 4.69) is 5.32 Å². The minimum absolute atomic E-state index is 0.0412. The van der Waals surface area contributed by atoms with Gasteiger partial charge in [0.2, 0.25) is 5.60 Å². The maximum Gasteiger partial charge on any atom is 0.415 e. The number of rotatable bonds is 0. The van der Waals surface area contributed by atoms with Crippen LogP contribution in [0.4, 0.5) is 9.59 Å². The zero-order valence-electron chi connectivity index (χ0n) is 11.3. The van der Waals surface area contributed by atoms with Crippen LogP contribution >= 0.6 is 0 Å². The quantitative estimate of drug-likeness (QED) is 0.710. The van der Waals surface area contributed by atoms with Gasteiger partial charge in [0.15, 0.2) is 0 Å². The molecule has 2 heterocycles. The molecule has 2 fully saturated rings. The summed E-state index contributed by atoms with van der Waals surface area (Å²) >= 11 is 0. The van der Waals surface area contributed by atoms with Crippen molar-refractivity contribution in [2.75, 3.05) is 13.1 Å². The van der Waals surface area contributed by atoms with Crippen LogP contribution in [0.1, 0.15) is 33.6 Å². The van der Waals surface area contributed by atoms with Crippen molar-refractivity contribution in [3.8, 4) is 0 Å². The second-order valence-corrected chi connectivity index (χ2v) is 5.84. The average Bonchev–Trinajstić information content (AvgIpc) is 2.51. The van der Waals surface area contributed by atoms with E-state index in [1.165, 1.54) is 4.90 Å². The number of alkyl carbamates (subject to hydrolysis) is 1. The lowest BCUT2D eigenvalue weighted by atomic mass is 9.92. The van der Waals surface area contributed by atoms with E-state index in [-0.39, 0.29) is 6.54 Å². The van der Waals surface area contributed by atoms with Gasteiger partial charge in [-0.05, 0) is 33.6 Å². The van der Waals surface area contributed by atoms with Crippen LogP contribution < -0.4 is 5.32 Å². The number of amides is 3. The molecule has 19 heavy (non-hydrogen) atoms. The molecule has 1 N–H and O–H groups in total. The monoisotopic (exact) mass is 270 g/mol. The first-order valence-electron chi connectivity index (χ1n) is 6.24. The van der Waals surface area contributed by atoms with Crippen LogP contribution in [0.15, 0.2) is 0 Å². The summed E-state index contributed by atoms with van der Waals surface area (Å²) in [7, 11) is 0. The van der Waals surface area contributed by atoms with Crippen molar-refractivity contribution < 1.29 is 23.9 Å². The first kappa shape index (κ1) is 13.6. The van der Waals surface area contributed by atoms with Crippen LogP contribution in [-0.2, 0) is 14.3 Å². The molecular formula is C12H18N2O5. The minimum Gasteiger partial charge on any atom is -0.444 e. The van der Waals surface area contributed by atoms with Gasteiger partial charge < -0.3 is 14.4 Å². The Labute approximate surface area is 111 Å². The predicted octanol–water partition coefficient (Wildman–Crippen LogP) is 1.02. The smallest absolute Gasteiger partial charge is 0.415 e. The van der Waals surface area contributed by atoms with Crippen LogP contribution in [0, 0.1) is 0 Å². The third-order valence-electron chi connectivity index (χ3n) is 3.02. The molecule has 7 nitrogen and oxygen atoms in total. The van der Waals surface area contributed by atoms with Crippen molar-refractivity contribution in [2.24, 2.45) is 0 Å². The Morgan fingerprint density at radius 2 is 2.11 bits per heavy atom. The standard InChI is InChI=1S/C12H18N2O5/c1-11(2,3)19-10(17)14-6-4-5-12(7-14)8(15)13-9(16)18-12/h4-7H2,1-3H3,(H,13,15,16)/t12-/m1/s1. The Bertz CT molecular complexity index is 428. The first-order chi connectivity index (χ1) is 8.72. The maximum absolute atomic E-state index is 12.0. The number of likely N-dealkylation sites (tertiary alicyclic amines) is 1. The van der Waals surface area contributed by atoms with Crippen LogP contribution in [0.5, 0.6) is 0 Å². The summed E-state index contributed by atoms with van der Waals surface area (Å²) in [5.41, 5.74) is -1.84. The van der Waals surface area contributed by atoms with Gasteiger partial charge in [-0.3, -0.25) is 10.1 Å². The summed E-state index contributed by atoms with van der Waals surface area (Å²) in [5.74, 6) is -0.481. The summed E-state index contributed by atoms with van der Waals surface area (Å²) < 4.78 is 10.3. The predicted molar refractivity (Wildman–Crippen MR) is 64.4 cm³/mol. The molecule has 0 aromatic heterocycles. The fourth-order valence-corrected chi connectivity index (χ4v) is 2.23. The molecule has 0 saturated carbocycles. The van der Waals surface area contributed by atoms with E-state index in [1.807, 2.05) is 0 Å². The fourth-order valence-electron chi connectivity index (χ4n) is 2.23. The fraction of sp³-hybridized carbons (Fsp3) is 0.750. The second-order valence-electron chi connectivity index (χ2n) is 5.84. The highest BCUT2D eigenvalue weighted by Gasteiger charge is 2.52. The molecule has 106 valence electrons. The van der Waals surface area contributed by atoms with Crippen molar-refractivity contribution in [3.63, 3.8) is 0 Å². The van der Waals surface area contributed by atoms with E-state index < -0.39 is 29.3 Å². The Kier molecular flexibility index (Phi) is 3.15. The highest BCUT2D eigenvalue weighted by atomic mass is 16.6. The molecule has 0 aliphatic carbocycles. The molecular weight excluding hydrogens is 252 g/mol.